The molecule has 1 N–H and O–H groups in total. The third-order valence-electron chi connectivity index (χ3n) is 4.73. The van der Waals surface area contributed by atoms with E-state index in [1.54, 1.807) is 0 Å². The molecule has 2 unspecified atom stereocenters. The number of carbonyl (C=O) groups excluding carboxylic acids is 1. The molecule has 0 saturated heterocycles. The molecule has 0 spiro atoms. The molecule has 1 aromatic rings. The average molecular weight is 308 g/mol. The van der Waals surface area contributed by atoms with E-state index in [9.17, 15) is 4.79 Å². The zero-order valence-corrected chi connectivity index (χ0v) is 13.7. The van der Waals surface area contributed by atoms with Crippen molar-refractivity contribution in [1.29, 1.82) is 0 Å². The van der Waals surface area contributed by atoms with E-state index in [0.717, 1.165) is 12.2 Å². The highest BCUT2D eigenvalue weighted by Crippen LogP contribution is 2.38. The Morgan fingerprint density at radius 2 is 2.10 bits per heavy atom. The van der Waals surface area contributed by atoms with Gasteiger partial charge in [0.1, 0.15) is 5.82 Å². The minimum atomic E-state index is 0.191. The third-order valence-corrected chi connectivity index (χ3v) is 5.56. The van der Waals surface area contributed by atoms with E-state index in [4.69, 9.17) is 0 Å². The number of H-pyrrole nitrogens is 1. The van der Waals surface area contributed by atoms with Gasteiger partial charge in [0, 0.05) is 19.0 Å². The summed E-state index contributed by atoms with van der Waals surface area (Å²) >= 11 is 1.44. The van der Waals surface area contributed by atoms with Crippen molar-refractivity contribution in [3.8, 4) is 0 Å². The number of nitrogens with zero attached hydrogens (tertiary/aromatic N) is 3. The fourth-order valence-electron chi connectivity index (χ4n) is 3.15. The highest BCUT2D eigenvalue weighted by Gasteiger charge is 2.29. The maximum absolute atomic E-state index is 12.4. The third kappa shape index (κ3) is 3.59. The maximum Gasteiger partial charge on any atom is 0.233 e. The first-order valence-corrected chi connectivity index (χ1v) is 8.94. The summed E-state index contributed by atoms with van der Waals surface area (Å²) in [6.07, 6.45) is 7.34. The first-order chi connectivity index (χ1) is 10.1. The zero-order valence-electron chi connectivity index (χ0n) is 12.8. The summed E-state index contributed by atoms with van der Waals surface area (Å²) in [5, 5.41) is 7.88. The first kappa shape index (κ1) is 14.9. The Bertz CT molecular complexity index is 500. The van der Waals surface area contributed by atoms with Crippen LogP contribution < -0.4 is 0 Å². The van der Waals surface area contributed by atoms with E-state index < -0.39 is 0 Å². The number of aromatic nitrogens is 3. The fraction of sp³-hybridized carbons (Fsp3) is 0.800. The van der Waals surface area contributed by atoms with Crippen molar-refractivity contribution in [1.82, 2.24) is 20.1 Å². The second-order valence-corrected chi connectivity index (χ2v) is 7.34. The van der Waals surface area contributed by atoms with Crippen molar-refractivity contribution in [3.05, 3.63) is 5.82 Å². The molecule has 2 aliphatic carbocycles. The van der Waals surface area contributed by atoms with Crippen molar-refractivity contribution in [2.24, 2.45) is 5.92 Å². The topological polar surface area (TPSA) is 61.9 Å². The number of rotatable bonds is 5. The lowest BCUT2D eigenvalue weighted by Gasteiger charge is -2.36. The van der Waals surface area contributed by atoms with Crippen molar-refractivity contribution >= 4 is 17.7 Å². The van der Waals surface area contributed by atoms with Gasteiger partial charge in [0.25, 0.3) is 0 Å². The zero-order chi connectivity index (χ0) is 14.8. The molecule has 21 heavy (non-hydrogen) atoms. The van der Waals surface area contributed by atoms with E-state index in [1.807, 2.05) is 11.9 Å². The lowest BCUT2D eigenvalue weighted by atomic mass is 9.85. The molecule has 0 aromatic carbocycles. The van der Waals surface area contributed by atoms with Crippen LogP contribution in [0.15, 0.2) is 5.16 Å². The van der Waals surface area contributed by atoms with Gasteiger partial charge in [-0.05, 0) is 31.6 Å². The molecule has 2 aliphatic rings. The van der Waals surface area contributed by atoms with Crippen molar-refractivity contribution in [2.45, 2.75) is 62.6 Å². The molecule has 0 radical (unpaired) electrons. The van der Waals surface area contributed by atoms with Crippen molar-refractivity contribution < 1.29 is 4.79 Å². The predicted octanol–water partition coefficient (Wildman–Crippen LogP) is 2.81. The van der Waals surface area contributed by atoms with Gasteiger partial charge in [-0.25, -0.2) is 4.98 Å². The molecule has 2 atom stereocenters. The van der Waals surface area contributed by atoms with E-state index >= 15 is 0 Å². The largest absolute Gasteiger partial charge is 0.342 e. The summed E-state index contributed by atoms with van der Waals surface area (Å²) in [5.74, 6) is 2.80. The number of hydrogen-bond donors (Lipinski definition) is 1. The molecule has 2 saturated carbocycles. The van der Waals surface area contributed by atoms with Crippen LogP contribution in [-0.2, 0) is 4.79 Å². The van der Waals surface area contributed by atoms with Gasteiger partial charge in [0.2, 0.25) is 11.1 Å². The maximum atomic E-state index is 12.4. The van der Waals surface area contributed by atoms with Crippen LogP contribution in [0.5, 0.6) is 0 Å². The molecule has 2 fully saturated rings. The summed E-state index contributed by atoms with van der Waals surface area (Å²) in [6.45, 7) is 2.26. The predicted molar refractivity (Wildman–Crippen MR) is 83.3 cm³/mol. The molecule has 6 heteroatoms. The number of amides is 1. The Kier molecular flexibility index (Phi) is 4.52. The molecule has 116 valence electrons. The monoisotopic (exact) mass is 308 g/mol. The molecule has 1 heterocycles. The summed E-state index contributed by atoms with van der Waals surface area (Å²) in [7, 11) is 1.95. The highest BCUT2D eigenvalue weighted by molar-refractivity contribution is 7.99. The number of hydrogen-bond acceptors (Lipinski definition) is 4. The minimum absolute atomic E-state index is 0.191. The molecule has 0 bridgehead atoms. The van der Waals surface area contributed by atoms with Crippen LogP contribution >= 0.6 is 11.8 Å². The van der Waals surface area contributed by atoms with Crippen molar-refractivity contribution in [2.75, 3.05) is 12.8 Å². The Hall–Kier alpha value is -1.04. The normalized spacial score (nSPS) is 25.8. The van der Waals surface area contributed by atoms with Crippen molar-refractivity contribution in [3.63, 3.8) is 0 Å². The molecular weight excluding hydrogens is 284 g/mol. The Morgan fingerprint density at radius 3 is 2.81 bits per heavy atom. The summed E-state index contributed by atoms with van der Waals surface area (Å²) in [6, 6.07) is 0.404. The van der Waals surface area contributed by atoms with Gasteiger partial charge in [-0.1, -0.05) is 31.5 Å². The second kappa shape index (κ2) is 6.38. The Balaban J connectivity index is 1.50. The van der Waals surface area contributed by atoms with Crippen LogP contribution in [0.1, 0.15) is 57.2 Å². The molecule has 5 nitrogen and oxygen atoms in total. The van der Waals surface area contributed by atoms with Crippen LogP contribution in [0.25, 0.3) is 0 Å². The number of aromatic amines is 1. The standard InChI is InChI=1S/C15H24N4OS/c1-10-5-3-4-6-12(10)19(2)13(20)9-21-15-16-14(17-18-15)11-7-8-11/h10-12H,3-9H2,1-2H3,(H,16,17,18). The minimum Gasteiger partial charge on any atom is -0.342 e. The number of thioether (sulfide) groups is 1. The van der Waals surface area contributed by atoms with Crippen LogP contribution in [0.2, 0.25) is 0 Å². The van der Waals surface area contributed by atoms with Crippen LogP contribution in [-0.4, -0.2) is 44.8 Å². The van der Waals surface area contributed by atoms with Gasteiger partial charge in [0.15, 0.2) is 0 Å². The quantitative estimate of drug-likeness (QED) is 0.850. The molecular formula is C15H24N4OS. The number of nitrogens with one attached hydrogen (secondary N) is 1. The van der Waals surface area contributed by atoms with Crippen LogP contribution in [0, 0.1) is 5.92 Å². The second-order valence-electron chi connectivity index (χ2n) is 6.40. The smallest absolute Gasteiger partial charge is 0.233 e. The fourth-order valence-corrected chi connectivity index (χ4v) is 3.88. The van der Waals surface area contributed by atoms with E-state index in [2.05, 4.69) is 22.1 Å². The summed E-state index contributed by atoms with van der Waals surface area (Å²) in [4.78, 5) is 18.8. The van der Waals surface area contributed by atoms with Gasteiger partial charge in [0.05, 0.1) is 5.75 Å². The van der Waals surface area contributed by atoms with Gasteiger partial charge in [-0.15, -0.1) is 5.10 Å². The number of carbonyl (C=O) groups is 1. The average Bonchev–Trinajstić information content (AvgIpc) is 3.23. The lowest BCUT2D eigenvalue weighted by molar-refractivity contribution is -0.130. The molecule has 1 amide bonds. The van der Waals surface area contributed by atoms with Crippen LogP contribution in [0.4, 0.5) is 0 Å². The van der Waals surface area contributed by atoms with Gasteiger partial charge < -0.3 is 4.90 Å². The van der Waals surface area contributed by atoms with E-state index in [-0.39, 0.29) is 5.91 Å². The summed E-state index contributed by atoms with van der Waals surface area (Å²) in [5.41, 5.74) is 0. The van der Waals surface area contributed by atoms with E-state index in [1.165, 1.54) is 43.9 Å². The highest BCUT2D eigenvalue weighted by atomic mass is 32.2. The first-order valence-electron chi connectivity index (χ1n) is 7.96. The Morgan fingerprint density at radius 1 is 1.33 bits per heavy atom. The molecule has 1 aromatic heterocycles. The Labute approximate surface area is 130 Å². The van der Waals surface area contributed by atoms with Gasteiger partial charge in [-0.3, -0.25) is 9.89 Å². The van der Waals surface area contributed by atoms with E-state index in [0.29, 0.717) is 28.8 Å². The SMILES string of the molecule is CC1CCCCC1N(C)C(=O)CSc1n[nH]c(C2CC2)n1. The lowest BCUT2D eigenvalue weighted by Crippen LogP contribution is -2.43. The van der Waals surface area contributed by atoms with Gasteiger partial charge in [-0.2, -0.15) is 0 Å². The van der Waals surface area contributed by atoms with Gasteiger partial charge >= 0.3 is 0 Å². The molecule has 3 rings (SSSR count). The van der Waals surface area contributed by atoms with Crippen LogP contribution in [0.3, 0.4) is 0 Å². The summed E-state index contributed by atoms with van der Waals surface area (Å²) < 4.78 is 0. The molecule has 0 aliphatic heterocycles.